The maximum Gasteiger partial charge on any atom is 0.175 e. The Kier molecular flexibility index (Phi) is 7.28. The lowest BCUT2D eigenvalue weighted by molar-refractivity contribution is 1.44. The highest BCUT2D eigenvalue weighted by Crippen LogP contribution is 2.26. The lowest BCUT2D eigenvalue weighted by Crippen LogP contribution is -2.22. The molecule has 0 atom stereocenters. The van der Waals surface area contributed by atoms with Crippen LogP contribution in [0.3, 0.4) is 0 Å². The van der Waals surface area contributed by atoms with Gasteiger partial charge in [0.25, 0.3) is 0 Å². The highest BCUT2D eigenvalue weighted by Gasteiger charge is 2.09. The van der Waals surface area contributed by atoms with Gasteiger partial charge >= 0.3 is 0 Å². The lowest BCUT2D eigenvalue weighted by atomic mass is 10.1. The van der Waals surface area contributed by atoms with Crippen molar-refractivity contribution < 1.29 is 0 Å². The number of nitrogens with one attached hydrogen (secondary N) is 4. The van der Waals surface area contributed by atoms with Gasteiger partial charge in [0, 0.05) is 11.4 Å². The monoisotopic (exact) mass is 460 g/mol. The van der Waals surface area contributed by atoms with Crippen molar-refractivity contribution in [3.63, 3.8) is 0 Å². The van der Waals surface area contributed by atoms with Gasteiger partial charge in [0.1, 0.15) is 0 Å². The van der Waals surface area contributed by atoms with Crippen LogP contribution in [0.4, 0.5) is 22.7 Å². The van der Waals surface area contributed by atoms with Gasteiger partial charge in [0.05, 0.1) is 21.4 Å². The van der Waals surface area contributed by atoms with Crippen molar-refractivity contribution in [1.82, 2.24) is 0 Å². The molecular formula is C21H18Cl2N4S2. The first-order chi connectivity index (χ1) is 13.9. The molecule has 3 rings (SSSR count). The van der Waals surface area contributed by atoms with E-state index in [4.69, 9.17) is 47.6 Å². The normalized spacial score (nSPS) is 10.2. The van der Waals surface area contributed by atoms with E-state index in [9.17, 15) is 0 Å². The molecule has 29 heavy (non-hydrogen) atoms. The molecule has 0 aromatic heterocycles. The largest absolute Gasteiger partial charge is 0.332 e. The van der Waals surface area contributed by atoms with Gasteiger partial charge in [0.2, 0.25) is 0 Å². The molecule has 0 fully saturated rings. The molecule has 148 valence electrons. The van der Waals surface area contributed by atoms with E-state index in [1.165, 1.54) is 0 Å². The third kappa shape index (κ3) is 5.81. The quantitative estimate of drug-likeness (QED) is 0.317. The van der Waals surface area contributed by atoms with E-state index in [1.807, 2.05) is 61.5 Å². The van der Waals surface area contributed by atoms with Crippen LogP contribution in [-0.2, 0) is 0 Å². The molecule has 0 radical (unpaired) electrons. The van der Waals surface area contributed by atoms with Crippen molar-refractivity contribution in [2.24, 2.45) is 0 Å². The SMILES string of the molecule is Cc1c(NC(=S)Nc2ccccc2Cl)cccc1NC(=S)Nc1ccccc1Cl. The third-order valence-electron chi connectivity index (χ3n) is 4.07. The Bertz CT molecular complexity index is 977. The van der Waals surface area contributed by atoms with Gasteiger partial charge in [-0.1, -0.05) is 53.5 Å². The number of halogens is 2. The van der Waals surface area contributed by atoms with E-state index in [0.717, 1.165) is 28.3 Å². The average molecular weight is 461 g/mol. The van der Waals surface area contributed by atoms with Gasteiger partial charge < -0.3 is 21.3 Å². The van der Waals surface area contributed by atoms with Crippen LogP contribution in [0, 0.1) is 6.92 Å². The fourth-order valence-corrected chi connectivity index (χ4v) is 3.39. The van der Waals surface area contributed by atoms with Crippen LogP contribution >= 0.6 is 47.6 Å². The molecule has 0 saturated heterocycles. The van der Waals surface area contributed by atoms with Gasteiger partial charge in [-0.15, -0.1) is 0 Å². The minimum absolute atomic E-state index is 0.440. The fourth-order valence-electron chi connectivity index (χ4n) is 2.58. The Labute approximate surface area is 190 Å². The molecule has 8 heteroatoms. The van der Waals surface area contributed by atoms with E-state index in [-0.39, 0.29) is 0 Å². The van der Waals surface area contributed by atoms with Gasteiger partial charge in [-0.25, -0.2) is 0 Å². The molecule has 0 aliphatic carbocycles. The molecule has 0 aliphatic rings. The summed E-state index contributed by atoms with van der Waals surface area (Å²) in [6, 6.07) is 20.6. The van der Waals surface area contributed by atoms with Crippen molar-refractivity contribution in [1.29, 1.82) is 0 Å². The van der Waals surface area contributed by atoms with Crippen LogP contribution in [0.15, 0.2) is 66.7 Å². The first-order valence-electron chi connectivity index (χ1n) is 8.68. The zero-order valence-electron chi connectivity index (χ0n) is 15.4. The molecule has 0 aliphatic heterocycles. The molecule has 3 aromatic rings. The summed E-state index contributed by atoms with van der Waals surface area (Å²) >= 11 is 23.2. The van der Waals surface area contributed by atoms with E-state index in [1.54, 1.807) is 12.1 Å². The Morgan fingerprint density at radius 2 is 0.931 bits per heavy atom. The minimum atomic E-state index is 0.440. The van der Waals surface area contributed by atoms with Crippen LogP contribution in [0.25, 0.3) is 0 Å². The van der Waals surface area contributed by atoms with Crippen molar-refractivity contribution in [3.05, 3.63) is 82.3 Å². The van der Waals surface area contributed by atoms with Crippen LogP contribution in [0.5, 0.6) is 0 Å². The van der Waals surface area contributed by atoms with Crippen molar-refractivity contribution in [3.8, 4) is 0 Å². The maximum atomic E-state index is 6.17. The zero-order valence-corrected chi connectivity index (χ0v) is 18.6. The second-order valence-electron chi connectivity index (χ2n) is 6.10. The van der Waals surface area contributed by atoms with Gasteiger partial charge in [-0.05, 0) is 73.3 Å². The summed E-state index contributed by atoms with van der Waals surface area (Å²) in [6.45, 7) is 1.97. The van der Waals surface area contributed by atoms with Crippen LogP contribution in [-0.4, -0.2) is 10.2 Å². The summed E-state index contributed by atoms with van der Waals surface area (Å²) in [5, 5.41) is 14.7. The Morgan fingerprint density at radius 3 is 1.34 bits per heavy atom. The average Bonchev–Trinajstić information content (AvgIpc) is 2.68. The van der Waals surface area contributed by atoms with Gasteiger partial charge in [-0.2, -0.15) is 0 Å². The Hall–Kier alpha value is -2.38. The van der Waals surface area contributed by atoms with Crippen molar-refractivity contribution >= 4 is 80.6 Å². The van der Waals surface area contributed by atoms with Crippen molar-refractivity contribution in [2.45, 2.75) is 6.92 Å². The molecule has 0 spiro atoms. The van der Waals surface area contributed by atoms with Gasteiger partial charge in [-0.3, -0.25) is 0 Å². The highest BCUT2D eigenvalue weighted by molar-refractivity contribution is 7.81. The molecule has 0 saturated carbocycles. The molecule has 3 aromatic carbocycles. The standard InChI is InChI=1S/C21H18Cl2N4S2/c1-13-16(24-20(28)26-18-9-4-2-7-14(18)22)11-6-12-17(13)25-21(29)27-19-10-5-3-8-15(19)23/h2-12H,1H3,(H2,24,26,28)(H2,25,27,29). The Balaban J connectivity index is 1.67. The molecule has 4 nitrogen and oxygen atoms in total. The lowest BCUT2D eigenvalue weighted by Gasteiger charge is -2.17. The van der Waals surface area contributed by atoms with Crippen LogP contribution in [0.1, 0.15) is 5.56 Å². The number of para-hydroxylation sites is 2. The third-order valence-corrected chi connectivity index (χ3v) is 5.14. The second-order valence-corrected chi connectivity index (χ2v) is 7.73. The second kappa shape index (κ2) is 9.89. The van der Waals surface area contributed by atoms with E-state index in [0.29, 0.717) is 20.3 Å². The highest BCUT2D eigenvalue weighted by atomic mass is 35.5. The number of benzene rings is 3. The molecular weight excluding hydrogens is 443 g/mol. The van der Waals surface area contributed by atoms with Crippen LogP contribution < -0.4 is 21.3 Å². The molecule has 4 N–H and O–H groups in total. The first kappa shape index (κ1) is 21.3. The predicted octanol–water partition coefficient (Wildman–Crippen LogP) is 6.92. The smallest absolute Gasteiger partial charge is 0.175 e. The summed E-state index contributed by atoms with van der Waals surface area (Å²) in [4.78, 5) is 0. The number of thiocarbonyl (C=S) groups is 2. The van der Waals surface area contributed by atoms with E-state index in [2.05, 4.69) is 21.3 Å². The van der Waals surface area contributed by atoms with Crippen molar-refractivity contribution in [2.75, 3.05) is 21.3 Å². The summed E-state index contributed by atoms with van der Waals surface area (Å²) in [7, 11) is 0. The zero-order chi connectivity index (χ0) is 20.8. The summed E-state index contributed by atoms with van der Waals surface area (Å²) in [6.07, 6.45) is 0. The van der Waals surface area contributed by atoms with Gasteiger partial charge in [0.15, 0.2) is 10.2 Å². The summed E-state index contributed by atoms with van der Waals surface area (Å²) in [5.74, 6) is 0. The molecule has 0 unspecified atom stereocenters. The maximum absolute atomic E-state index is 6.17. The van der Waals surface area contributed by atoms with E-state index >= 15 is 0 Å². The summed E-state index contributed by atoms with van der Waals surface area (Å²) < 4.78 is 0. The molecule has 0 amide bonds. The summed E-state index contributed by atoms with van der Waals surface area (Å²) in [5.41, 5.74) is 4.13. The Morgan fingerprint density at radius 1 is 0.586 bits per heavy atom. The first-order valence-corrected chi connectivity index (χ1v) is 10.3. The predicted molar refractivity (Wildman–Crippen MR) is 134 cm³/mol. The number of hydrogen-bond acceptors (Lipinski definition) is 2. The molecule has 0 bridgehead atoms. The minimum Gasteiger partial charge on any atom is -0.332 e. The fraction of sp³-hybridized carbons (Fsp3) is 0.0476. The topological polar surface area (TPSA) is 48.1 Å². The molecule has 0 heterocycles. The van der Waals surface area contributed by atoms with Crippen LogP contribution in [0.2, 0.25) is 10.0 Å². The number of anilines is 4. The number of rotatable bonds is 4. The van der Waals surface area contributed by atoms with E-state index < -0.39 is 0 Å². The number of hydrogen-bond donors (Lipinski definition) is 4.